The maximum absolute atomic E-state index is 10.2. The highest BCUT2D eigenvalue weighted by Crippen LogP contribution is 1.93. The smallest absolute Gasteiger partial charge is 0.200 e. The number of aliphatic imine (C=N–C) groups is 1. The van der Waals surface area contributed by atoms with Crippen molar-refractivity contribution < 1.29 is 9.53 Å². The van der Waals surface area contributed by atoms with Crippen molar-refractivity contribution in [3.8, 4) is 0 Å². The predicted octanol–water partition coefficient (Wildman–Crippen LogP) is -0.162. The summed E-state index contributed by atoms with van der Waals surface area (Å²) in [7, 11) is 4.93. The molecule has 64 valence electrons. The molecule has 0 amide bonds. The summed E-state index contributed by atoms with van der Waals surface area (Å²) >= 11 is 0. The van der Waals surface area contributed by atoms with E-state index >= 15 is 0 Å². The normalized spacial score (nSPS) is 14.3. The Morgan fingerprint density at radius 3 is 2.73 bits per heavy atom. The average molecular weight is 158 g/mol. The molecule has 0 heterocycles. The van der Waals surface area contributed by atoms with E-state index in [0.29, 0.717) is 12.3 Å². The summed E-state index contributed by atoms with van der Waals surface area (Å²) in [5.74, 6) is 0.555. The Balaban J connectivity index is 4.09. The van der Waals surface area contributed by atoms with E-state index in [4.69, 9.17) is 4.74 Å². The molecule has 4 nitrogen and oxygen atoms in total. The first-order valence-electron chi connectivity index (χ1n) is 3.41. The van der Waals surface area contributed by atoms with Gasteiger partial charge in [0.2, 0.25) is 5.90 Å². The molecule has 0 aromatic rings. The van der Waals surface area contributed by atoms with Gasteiger partial charge in [0.05, 0.1) is 13.2 Å². The maximum Gasteiger partial charge on any atom is 0.200 e. The van der Waals surface area contributed by atoms with Crippen molar-refractivity contribution in [2.45, 2.75) is 12.5 Å². The summed E-state index contributed by atoms with van der Waals surface area (Å²) in [6, 6.07) is -0.0949. The summed E-state index contributed by atoms with van der Waals surface area (Å²) in [4.78, 5) is 14.0. The van der Waals surface area contributed by atoms with Gasteiger partial charge in [0.25, 0.3) is 0 Å². The zero-order chi connectivity index (χ0) is 8.69. The number of hydrogen-bond acceptors (Lipinski definition) is 4. The fourth-order valence-corrected chi connectivity index (χ4v) is 0.828. The lowest BCUT2D eigenvalue weighted by Crippen LogP contribution is -2.35. The van der Waals surface area contributed by atoms with Crippen LogP contribution in [0.4, 0.5) is 0 Å². The molecule has 0 aliphatic heterocycles. The van der Waals surface area contributed by atoms with Crippen LogP contribution in [0.1, 0.15) is 6.42 Å². The summed E-state index contributed by atoms with van der Waals surface area (Å²) in [5.41, 5.74) is 0. The van der Waals surface area contributed by atoms with Crippen molar-refractivity contribution in [2.24, 2.45) is 4.99 Å². The molecule has 4 heteroatoms. The Bertz CT molecular complexity index is 145. The fraction of sp³-hybridized carbons (Fsp3) is 0.714. The van der Waals surface area contributed by atoms with Gasteiger partial charge in [0.15, 0.2) is 0 Å². The molecular weight excluding hydrogens is 144 g/mol. The van der Waals surface area contributed by atoms with Crippen molar-refractivity contribution in [3.05, 3.63) is 0 Å². The highest BCUT2D eigenvalue weighted by molar-refractivity contribution is 5.83. The Kier molecular flexibility index (Phi) is 5.37. The van der Waals surface area contributed by atoms with E-state index < -0.39 is 0 Å². The Labute approximate surface area is 66.6 Å². The summed E-state index contributed by atoms with van der Waals surface area (Å²) in [5, 5.41) is 2.92. The van der Waals surface area contributed by atoms with Crippen LogP contribution in [0.5, 0.6) is 0 Å². The van der Waals surface area contributed by atoms with Crippen LogP contribution in [0.25, 0.3) is 0 Å². The minimum absolute atomic E-state index is 0.0949. The van der Waals surface area contributed by atoms with E-state index in [-0.39, 0.29) is 6.04 Å². The maximum atomic E-state index is 10.2. The number of aldehydes is 1. The lowest BCUT2D eigenvalue weighted by Gasteiger charge is -2.13. The minimum atomic E-state index is -0.0949. The molecule has 0 fully saturated rings. The zero-order valence-corrected chi connectivity index (χ0v) is 7.13. The molecule has 0 bridgehead atoms. The van der Waals surface area contributed by atoms with Gasteiger partial charge >= 0.3 is 0 Å². The molecule has 0 radical (unpaired) electrons. The van der Waals surface area contributed by atoms with Crippen LogP contribution in [0.3, 0.4) is 0 Å². The van der Waals surface area contributed by atoms with Crippen molar-refractivity contribution >= 4 is 12.2 Å². The van der Waals surface area contributed by atoms with E-state index in [9.17, 15) is 4.79 Å². The van der Waals surface area contributed by atoms with Gasteiger partial charge in [-0.05, 0) is 7.05 Å². The number of nitrogens with one attached hydrogen (secondary N) is 1. The summed E-state index contributed by atoms with van der Waals surface area (Å²) < 4.78 is 4.93. The van der Waals surface area contributed by atoms with E-state index in [0.717, 1.165) is 6.29 Å². The van der Waals surface area contributed by atoms with Crippen LogP contribution in [0.15, 0.2) is 4.99 Å². The first-order chi connectivity index (χ1) is 5.29. The van der Waals surface area contributed by atoms with Gasteiger partial charge in [-0.3, -0.25) is 4.99 Å². The molecule has 0 saturated carbocycles. The molecule has 0 aromatic carbocycles. The SMILES string of the molecule is CN=C(OC)C(CC=O)NC. The number of ether oxygens (including phenoxy) is 1. The molecule has 0 rings (SSSR count). The highest BCUT2D eigenvalue weighted by atomic mass is 16.5. The minimum Gasteiger partial charge on any atom is -0.483 e. The molecule has 11 heavy (non-hydrogen) atoms. The van der Waals surface area contributed by atoms with Crippen molar-refractivity contribution in [1.82, 2.24) is 5.32 Å². The topological polar surface area (TPSA) is 50.7 Å². The van der Waals surface area contributed by atoms with E-state index in [2.05, 4.69) is 10.3 Å². The van der Waals surface area contributed by atoms with Gasteiger partial charge in [-0.2, -0.15) is 0 Å². The van der Waals surface area contributed by atoms with Gasteiger partial charge < -0.3 is 14.8 Å². The van der Waals surface area contributed by atoms with E-state index in [1.54, 1.807) is 14.1 Å². The van der Waals surface area contributed by atoms with Gasteiger partial charge in [0.1, 0.15) is 6.29 Å². The van der Waals surface area contributed by atoms with Crippen LogP contribution in [-0.2, 0) is 9.53 Å². The molecule has 0 saturated heterocycles. The summed E-state index contributed by atoms with van der Waals surface area (Å²) in [6.45, 7) is 0. The van der Waals surface area contributed by atoms with Crippen molar-refractivity contribution in [1.29, 1.82) is 0 Å². The molecule has 0 spiro atoms. The number of carbonyl (C=O) groups is 1. The predicted molar refractivity (Wildman–Crippen MR) is 43.9 cm³/mol. The Hall–Kier alpha value is -0.900. The first kappa shape index (κ1) is 10.1. The standard InChI is InChI=1S/C7H14N2O2/c1-8-6(4-5-10)7(9-2)11-3/h5-6,8H,4H2,1-3H3. The lowest BCUT2D eigenvalue weighted by molar-refractivity contribution is -0.108. The molecule has 0 aromatic heterocycles. The van der Waals surface area contributed by atoms with Gasteiger partial charge in [-0.25, -0.2) is 0 Å². The zero-order valence-electron chi connectivity index (χ0n) is 7.13. The highest BCUT2D eigenvalue weighted by Gasteiger charge is 2.12. The molecular formula is C7H14N2O2. The van der Waals surface area contributed by atoms with Crippen LogP contribution in [0.2, 0.25) is 0 Å². The van der Waals surface area contributed by atoms with Gasteiger partial charge in [-0.1, -0.05) is 0 Å². The summed E-state index contributed by atoms with van der Waals surface area (Å²) in [6.07, 6.45) is 1.22. The second-order valence-corrected chi connectivity index (χ2v) is 2.01. The van der Waals surface area contributed by atoms with Crippen LogP contribution >= 0.6 is 0 Å². The number of likely N-dealkylation sites (N-methyl/N-ethyl adjacent to an activating group) is 1. The van der Waals surface area contributed by atoms with Crippen molar-refractivity contribution in [2.75, 3.05) is 21.2 Å². The quantitative estimate of drug-likeness (QED) is 0.351. The molecule has 1 unspecified atom stereocenters. The van der Waals surface area contributed by atoms with Crippen molar-refractivity contribution in [3.63, 3.8) is 0 Å². The third kappa shape index (κ3) is 3.13. The van der Waals surface area contributed by atoms with Gasteiger partial charge in [0, 0.05) is 13.5 Å². The fourth-order valence-electron chi connectivity index (χ4n) is 0.828. The molecule has 1 N–H and O–H groups in total. The number of methoxy groups -OCH3 is 1. The Morgan fingerprint density at radius 1 is 1.82 bits per heavy atom. The Morgan fingerprint density at radius 2 is 2.45 bits per heavy atom. The second-order valence-electron chi connectivity index (χ2n) is 2.01. The number of hydrogen-bond donors (Lipinski definition) is 1. The molecule has 0 aliphatic rings. The average Bonchev–Trinajstić information content (AvgIpc) is 2.05. The molecule has 0 aliphatic carbocycles. The van der Waals surface area contributed by atoms with E-state index in [1.807, 2.05) is 0 Å². The first-order valence-corrected chi connectivity index (χ1v) is 3.41. The largest absolute Gasteiger partial charge is 0.483 e. The monoisotopic (exact) mass is 158 g/mol. The van der Waals surface area contributed by atoms with Crippen LogP contribution in [-0.4, -0.2) is 39.4 Å². The van der Waals surface area contributed by atoms with E-state index in [1.165, 1.54) is 7.11 Å². The third-order valence-electron chi connectivity index (χ3n) is 1.41. The third-order valence-corrected chi connectivity index (χ3v) is 1.41. The lowest BCUT2D eigenvalue weighted by atomic mass is 10.2. The second kappa shape index (κ2) is 5.85. The van der Waals surface area contributed by atoms with Crippen LogP contribution in [0, 0.1) is 0 Å². The number of rotatable bonds is 4. The van der Waals surface area contributed by atoms with Gasteiger partial charge in [-0.15, -0.1) is 0 Å². The van der Waals surface area contributed by atoms with Crippen LogP contribution < -0.4 is 5.32 Å². The number of nitrogens with zero attached hydrogens (tertiary/aromatic N) is 1. The number of carbonyl (C=O) groups excluding carboxylic acids is 1. The molecule has 1 atom stereocenters.